The molecular formula is C15H23N3OS2. The van der Waals surface area contributed by atoms with E-state index in [1.54, 1.807) is 23.1 Å². The van der Waals surface area contributed by atoms with Crippen molar-refractivity contribution in [2.24, 2.45) is 0 Å². The van der Waals surface area contributed by atoms with Gasteiger partial charge >= 0.3 is 0 Å². The Labute approximate surface area is 134 Å². The van der Waals surface area contributed by atoms with Crippen molar-refractivity contribution in [2.45, 2.75) is 37.1 Å². The van der Waals surface area contributed by atoms with E-state index >= 15 is 0 Å². The molecular weight excluding hydrogens is 302 g/mol. The van der Waals surface area contributed by atoms with Crippen LogP contribution in [-0.2, 0) is 0 Å². The summed E-state index contributed by atoms with van der Waals surface area (Å²) in [6.07, 6.45) is 5.19. The molecule has 0 bridgehead atoms. The summed E-state index contributed by atoms with van der Waals surface area (Å²) < 4.78 is 0. The van der Waals surface area contributed by atoms with E-state index in [0.29, 0.717) is 18.2 Å². The minimum atomic E-state index is 0.165. The maximum atomic E-state index is 12.1. The molecule has 0 amide bonds. The Morgan fingerprint density at radius 3 is 2.95 bits per heavy atom. The monoisotopic (exact) mass is 325 g/mol. The highest BCUT2D eigenvalue weighted by molar-refractivity contribution is 7.99. The molecule has 3 heterocycles. The molecule has 1 aromatic heterocycles. The number of fused-ring (bicyclic) bond motifs is 1. The summed E-state index contributed by atoms with van der Waals surface area (Å²) >= 11 is 3.26. The van der Waals surface area contributed by atoms with Crippen LogP contribution >= 0.6 is 23.1 Å². The average Bonchev–Trinajstić information content (AvgIpc) is 3.09. The number of ketones is 1. The third-order valence-electron chi connectivity index (χ3n) is 4.54. The summed E-state index contributed by atoms with van der Waals surface area (Å²) in [7, 11) is 0. The topological polar surface area (TPSA) is 49.6 Å². The van der Waals surface area contributed by atoms with Crippen LogP contribution in [0, 0.1) is 0 Å². The average molecular weight is 326 g/mol. The van der Waals surface area contributed by atoms with Crippen molar-refractivity contribution < 1.29 is 4.79 Å². The lowest BCUT2D eigenvalue weighted by atomic mass is 10.1. The van der Waals surface area contributed by atoms with Gasteiger partial charge in [0.2, 0.25) is 0 Å². The molecule has 0 saturated carbocycles. The second kappa shape index (κ2) is 6.18. The molecule has 2 N–H and O–H groups in total. The summed E-state index contributed by atoms with van der Waals surface area (Å²) in [5.41, 5.74) is 6.93. The van der Waals surface area contributed by atoms with Crippen LogP contribution in [0.3, 0.4) is 0 Å². The summed E-state index contributed by atoms with van der Waals surface area (Å²) in [5, 5.41) is 1.21. The molecule has 1 unspecified atom stereocenters. The fraction of sp³-hybridized carbons (Fsp3) is 0.667. The number of hydrogen-bond acceptors (Lipinski definition) is 6. The molecule has 2 saturated heterocycles. The zero-order valence-electron chi connectivity index (χ0n) is 12.7. The maximum absolute atomic E-state index is 12.1. The predicted molar refractivity (Wildman–Crippen MR) is 91.9 cm³/mol. The van der Waals surface area contributed by atoms with E-state index < -0.39 is 0 Å². The molecule has 1 aromatic rings. The lowest BCUT2D eigenvalue weighted by Crippen LogP contribution is -2.50. The second-order valence-electron chi connectivity index (χ2n) is 5.74. The number of thioether (sulfide) groups is 1. The lowest BCUT2D eigenvalue weighted by Gasteiger charge is -2.38. The van der Waals surface area contributed by atoms with Crippen molar-refractivity contribution >= 4 is 39.6 Å². The Kier molecular flexibility index (Phi) is 4.47. The van der Waals surface area contributed by atoms with Gasteiger partial charge in [-0.3, -0.25) is 9.69 Å². The highest BCUT2D eigenvalue weighted by Gasteiger charge is 2.33. The van der Waals surface area contributed by atoms with Gasteiger partial charge in [0.25, 0.3) is 0 Å². The highest BCUT2D eigenvalue weighted by atomic mass is 32.2. The van der Waals surface area contributed by atoms with E-state index in [1.165, 1.54) is 24.4 Å². The molecule has 1 atom stereocenters. The van der Waals surface area contributed by atoms with Crippen molar-refractivity contribution in [3.8, 4) is 0 Å². The number of nitrogens with zero attached hydrogens (tertiary/aromatic N) is 2. The van der Waals surface area contributed by atoms with Gasteiger partial charge in [-0.25, -0.2) is 0 Å². The molecule has 2 aliphatic heterocycles. The summed E-state index contributed by atoms with van der Waals surface area (Å²) in [6, 6.07) is 0.683. The predicted octanol–water partition coefficient (Wildman–Crippen LogP) is 2.93. The maximum Gasteiger partial charge on any atom is 0.174 e. The van der Waals surface area contributed by atoms with Gasteiger partial charge in [0.15, 0.2) is 5.78 Å². The Morgan fingerprint density at radius 2 is 2.24 bits per heavy atom. The number of carbonyl (C=O) groups excluding carboxylic acids is 1. The van der Waals surface area contributed by atoms with E-state index in [2.05, 4.69) is 9.80 Å². The number of nitrogens with two attached hydrogens (primary N) is 1. The molecule has 0 radical (unpaired) electrons. The van der Waals surface area contributed by atoms with E-state index in [1.807, 2.05) is 13.2 Å². The zero-order valence-corrected chi connectivity index (χ0v) is 14.4. The largest absolute Gasteiger partial charge is 0.396 e. The standard InChI is InChI=1S/C15H23N3OS2/c1-3-11(19)13-12(16)14(20-2)15(21-13)18-8-7-17-6-4-5-10(17)9-18/h10H,3-9,16H2,1-2H3. The molecule has 0 aliphatic carbocycles. The van der Waals surface area contributed by atoms with E-state index in [0.717, 1.165) is 29.4 Å². The molecule has 3 rings (SSSR count). The number of piperazine rings is 1. The Balaban J connectivity index is 1.89. The first-order chi connectivity index (χ1) is 10.2. The van der Waals surface area contributed by atoms with Crippen molar-refractivity contribution in [3.63, 3.8) is 0 Å². The molecule has 4 nitrogen and oxygen atoms in total. The number of hydrogen-bond donors (Lipinski definition) is 1. The number of rotatable bonds is 4. The molecule has 2 aliphatic rings. The third kappa shape index (κ3) is 2.69. The Hall–Kier alpha value is -0.720. The first kappa shape index (κ1) is 15.2. The van der Waals surface area contributed by atoms with Crippen molar-refractivity contribution in [2.75, 3.05) is 43.1 Å². The smallest absolute Gasteiger partial charge is 0.174 e. The van der Waals surface area contributed by atoms with Crippen LogP contribution in [0.4, 0.5) is 10.7 Å². The Morgan fingerprint density at radius 1 is 1.43 bits per heavy atom. The summed E-state index contributed by atoms with van der Waals surface area (Å²) in [6.45, 7) is 6.40. The Bertz CT molecular complexity index is 543. The number of thiophene rings is 1. The van der Waals surface area contributed by atoms with Crippen LogP contribution in [0.15, 0.2) is 4.90 Å². The molecule has 2 fully saturated rings. The van der Waals surface area contributed by atoms with Crippen molar-refractivity contribution in [1.82, 2.24) is 4.90 Å². The van der Waals surface area contributed by atoms with Gasteiger partial charge in [-0.15, -0.1) is 23.1 Å². The number of nitrogen functional groups attached to an aromatic ring is 1. The van der Waals surface area contributed by atoms with Gasteiger partial charge in [0.05, 0.1) is 15.5 Å². The van der Waals surface area contributed by atoms with Crippen molar-refractivity contribution in [1.29, 1.82) is 0 Å². The quantitative estimate of drug-likeness (QED) is 0.681. The highest BCUT2D eigenvalue weighted by Crippen LogP contribution is 2.45. The van der Waals surface area contributed by atoms with E-state index in [4.69, 9.17) is 5.73 Å². The lowest BCUT2D eigenvalue weighted by molar-refractivity contribution is 0.0992. The van der Waals surface area contributed by atoms with Crippen LogP contribution in [0.1, 0.15) is 35.9 Å². The number of anilines is 2. The van der Waals surface area contributed by atoms with Crippen LogP contribution in [0.25, 0.3) is 0 Å². The van der Waals surface area contributed by atoms with Gasteiger partial charge in [-0.05, 0) is 25.6 Å². The number of carbonyl (C=O) groups is 1. The normalized spacial score (nSPS) is 22.6. The minimum Gasteiger partial charge on any atom is -0.396 e. The first-order valence-electron chi connectivity index (χ1n) is 7.64. The van der Waals surface area contributed by atoms with Gasteiger partial charge in [-0.2, -0.15) is 0 Å². The fourth-order valence-electron chi connectivity index (χ4n) is 3.37. The van der Waals surface area contributed by atoms with Gasteiger partial charge < -0.3 is 10.6 Å². The van der Waals surface area contributed by atoms with E-state index in [-0.39, 0.29) is 5.78 Å². The molecule has 0 aromatic carbocycles. The molecule has 6 heteroatoms. The molecule has 21 heavy (non-hydrogen) atoms. The first-order valence-corrected chi connectivity index (χ1v) is 9.68. The van der Waals surface area contributed by atoms with Gasteiger partial charge in [0.1, 0.15) is 5.00 Å². The third-order valence-corrected chi connectivity index (χ3v) is 6.79. The fourth-order valence-corrected chi connectivity index (χ4v) is 5.59. The summed E-state index contributed by atoms with van der Waals surface area (Å²) in [5.74, 6) is 0.165. The minimum absolute atomic E-state index is 0.165. The SMILES string of the molecule is CCC(=O)c1sc(N2CCN3CCCC3C2)c(SC)c1N. The van der Waals surface area contributed by atoms with Crippen molar-refractivity contribution in [3.05, 3.63) is 4.88 Å². The van der Waals surface area contributed by atoms with Gasteiger partial charge in [-0.1, -0.05) is 6.92 Å². The van der Waals surface area contributed by atoms with Crippen LogP contribution in [0.2, 0.25) is 0 Å². The van der Waals surface area contributed by atoms with Crippen LogP contribution in [-0.4, -0.2) is 49.2 Å². The summed E-state index contributed by atoms with van der Waals surface area (Å²) in [4.78, 5) is 19.0. The second-order valence-corrected chi connectivity index (χ2v) is 7.55. The van der Waals surface area contributed by atoms with Crippen LogP contribution < -0.4 is 10.6 Å². The van der Waals surface area contributed by atoms with Gasteiger partial charge in [0, 0.05) is 32.1 Å². The zero-order chi connectivity index (χ0) is 15.0. The molecule has 0 spiro atoms. The molecule has 116 valence electrons. The van der Waals surface area contributed by atoms with Crippen LogP contribution in [0.5, 0.6) is 0 Å². The number of Topliss-reactive ketones (excluding diaryl/α,β-unsaturated/α-hetero) is 1. The van der Waals surface area contributed by atoms with E-state index in [9.17, 15) is 4.79 Å².